The summed E-state index contributed by atoms with van der Waals surface area (Å²) in [5.41, 5.74) is 0.764. The fraction of sp³-hybridized carbons (Fsp3) is 0.350. The van der Waals surface area contributed by atoms with Crippen molar-refractivity contribution in [3.63, 3.8) is 0 Å². The summed E-state index contributed by atoms with van der Waals surface area (Å²) in [6.07, 6.45) is -5.12. The van der Waals surface area contributed by atoms with Crippen molar-refractivity contribution in [3.8, 4) is 17.2 Å². The summed E-state index contributed by atoms with van der Waals surface area (Å²) in [6.45, 7) is -0.141. The van der Waals surface area contributed by atoms with E-state index < -0.39 is 18.2 Å². The SMILES string of the molecule is COc1ccccc1Oc1ccccc1CC1CN(C(=O)C(F)(F)F)CCO1. The topological polar surface area (TPSA) is 48.0 Å². The lowest BCUT2D eigenvalue weighted by atomic mass is 10.1. The van der Waals surface area contributed by atoms with Gasteiger partial charge in [-0.05, 0) is 23.8 Å². The standard InChI is InChI=1S/C20H20F3NO4/c1-26-17-8-4-5-9-18(17)28-16-7-3-2-6-14(16)12-15-13-24(10-11-27-15)19(25)20(21,22)23/h2-9,15H,10-13H2,1H3. The van der Waals surface area contributed by atoms with Gasteiger partial charge in [-0.15, -0.1) is 0 Å². The van der Waals surface area contributed by atoms with E-state index in [1.807, 2.05) is 24.3 Å². The Morgan fingerprint density at radius 2 is 1.75 bits per heavy atom. The van der Waals surface area contributed by atoms with Gasteiger partial charge in [-0.1, -0.05) is 30.3 Å². The molecule has 0 aliphatic carbocycles. The molecule has 8 heteroatoms. The molecule has 0 aromatic heterocycles. The summed E-state index contributed by atoms with van der Waals surface area (Å²) in [4.78, 5) is 12.3. The Labute approximate surface area is 160 Å². The molecule has 0 bridgehead atoms. The van der Waals surface area contributed by atoms with Crippen LogP contribution in [-0.4, -0.2) is 49.9 Å². The second-order valence-electron chi connectivity index (χ2n) is 6.31. The van der Waals surface area contributed by atoms with Crippen LogP contribution in [0, 0.1) is 0 Å². The van der Waals surface area contributed by atoms with Gasteiger partial charge in [0.15, 0.2) is 11.5 Å². The lowest BCUT2D eigenvalue weighted by molar-refractivity contribution is -0.191. The van der Waals surface area contributed by atoms with Gasteiger partial charge in [0.25, 0.3) is 0 Å². The van der Waals surface area contributed by atoms with Crippen molar-refractivity contribution in [2.45, 2.75) is 18.7 Å². The molecule has 1 unspecified atom stereocenters. The lowest BCUT2D eigenvalue weighted by Crippen LogP contribution is -2.50. The Bertz CT molecular complexity index is 825. The van der Waals surface area contributed by atoms with Crippen LogP contribution in [0.25, 0.3) is 0 Å². The third-order valence-electron chi connectivity index (χ3n) is 4.38. The number of rotatable bonds is 5. The number of carbonyl (C=O) groups is 1. The first kappa shape index (κ1) is 20.0. The molecule has 2 aromatic carbocycles. The number of hydrogen-bond acceptors (Lipinski definition) is 4. The highest BCUT2D eigenvalue weighted by Crippen LogP contribution is 2.33. The minimum atomic E-state index is -4.88. The number of carbonyl (C=O) groups excluding carboxylic acids is 1. The van der Waals surface area contributed by atoms with E-state index in [-0.39, 0.29) is 19.7 Å². The number of halogens is 3. The van der Waals surface area contributed by atoms with Crippen molar-refractivity contribution in [2.75, 3.05) is 26.8 Å². The Balaban J connectivity index is 1.74. The Morgan fingerprint density at radius 3 is 2.43 bits per heavy atom. The van der Waals surface area contributed by atoms with Gasteiger partial charge in [-0.25, -0.2) is 0 Å². The molecule has 150 valence electrons. The maximum Gasteiger partial charge on any atom is 0.471 e. The van der Waals surface area contributed by atoms with Crippen LogP contribution in [-0.2, 0) is 16.0 Å². The molecule has 0 radical (unpaired) electrons. The number of alkyl halides is 3. The van der Waals surface area contributed by atoms with Gasteiger partial charge < -0.3 is 19.1 Å². The second kappa shape index (κ2) is 8.52. The molecule has 0 spiro atoms. The zero-order valence-corrected chi connectivity index (χ0v) is 15.2. The molecule has 1 aliphatic heterocycles. The first-order chi connectivity index (χ1) is 13.4. The summed E-state index contributed by atoms with van der Waals surface area (Å²) in [5, 5.41) is 0. The number of benzene rings is 2. The van der Waals surface area contributed by atoms with Gasteiger partial charge in [-0.3, -0.25) is 4.79 Å². The first-order valence-electron chi connectivity index (χ1n) is 8.75. The maximum atomic E-state index is 12.7. The van der Waals surface area contributed by atoms with Crippen molar-refractivity contribution in [1.82, 2.24) is 4.90 Å². The van der Waals surface area contributed by atoms with Crippen LogP contribution >= 0.6 is 0 Å². The largest absolute Gasteiger partial charge is 0.493 e. The van der Waals surface area contributed by atoms with Gasteiger partial charge in [0.1, 0.15) is 5.75 Å². The first-order valence-corrected chi connectivity index (χ1v) is 8.75. The maximum absolute atomic E-state index is 12.7. The van der Waals surface area contributed by atoms with E-state index in [9.17, 15) is 18.0 Å². The summed E-state index contributed by atoms with van der Waals surface area (Å²) in [6, 6.07) is 14.4. The van der Waals surface area contributed by atoms with E-state index in [1.165, 1.54) is 7.11 Å². The Kier molecular flexibility index (Phi) is 6.08. The molecular weight excluding hydrogens is 375 g/mol. The third-order valence-corrected chi connectivity index (χ3v) is 4.38. The lowest BCUT2D eigenvalue weighted by Gasteiger charge is -2.33. The van der Waals surface area contributed by atoms with Crippen molar-refractivity contribution in [3.05, 3.63) is 54.1 Å². The third kappa shape index (κ3) is 4.75. The highest BCUT2D eigenvalue weighted by atomic mass is 19.4. The minimum Gasteiger partial charge on any atom is -0.493 e. The number of amides is 1. The minimum absolute atomic E-state index is 0.0576. The van der Waals surface area contributed by atoms with E-state index in [0.717, 1.165) is 10.5 Å². The second-order valence-corrected chi connectivity index (χ2v) is 6.31. The molecule has 0 N–H and O–H groups in total. The van der Waals surface area contributed by atoms with Gasteiger partial charge in [0, 0.05) is 19.5 Å². The highest BCUT2D eigenvalue weighted by Gasteiger charge is 2.43. The molecule has 28 heavy (non-hydrogen) atoms. The van der Waals surface area contributed by atoms with Gasteiger partial charge in [0.2, 0.25) is 0 Å². The van der Waals surface area contributed by atoms with Gasteiger partial charge in [0.05, 0.1) is 19.8 Å². The van der Waals surface area contributed by atoms with Crippen LogP contribution in [0.3, 0.4) is 0 Å². The monoisotopic (exact) mass is 395 g/mol. The average Bonchev–Trinajstić information content (AvgIpc) is 2.69. The predicted molar refractivity (Wildman–Crippen MR) is 95.6 cm³/mol. The quantitative estimate of drug-likeness (QED) is 0.772. The smallest absolute Gasteiger partial charge is 0.471 e. The molecule has 1 saturated heterocycles. The Morgan fingerprint density at radius 1 is 1.11 bits per heavy atom. The average molecular weight is 395 g/mol. The molecule has 0 saturated carbocycles. The number of nitrogens with zero attached hydrogens (tertiary/aromatic N) is 1. The number of methoxy groups -OCH3 is 1. The van der Waals surface area contributed by atoms with Crippen LogP contribution in [0.15, 0.2) is 48.5 Å². The fourth-order valence-electron chi connectivity index (χ4n) is 3.05. The Hall–Kier alpha value is -2.74. The van der Waals surface area contributed by atoms with E-state index in [1.54, 1.807) is 24.3 Å². The number of morpholine rings is 1. The van der Waals surface area contributed by atoms with Crippen LogP contribution in [0.5, 0.6) is 17.2 Å². The van der Waals surface area contributed by atoms with Gasteiger partial charge >= 0.3 is 12.1 Å². The molecule has 5 nitrogen and oxygen atoms in total. The number of hydrogen-bond donors (Lipinski definition) is 0. The molecule has 1 aliphatic rings. The summed E-state index contributed by atoms with van der Waals surface area (Å²) in [5.74, 6) is -0.196. The zero-order chi connectivity index (χ0) is 20.1. The molecule has 1 heterocycles. The summed E-state index contributed by atoms with van der Waals surface area (Å²) < 4.78 is 54.9. The van der Waals surface area contributed by atoms with Crippen LogP contribution in [0.1, 0.15) is 5.56 Å². The fourth-order valence-corrected chi connectivity index (χ4v) is 3.05. The molecular formula is C20H20F3NO4. The molecule has 1 amide bonds. The van der Waals surface area contributed by atoms with E-state index in [0.29, 0.717) is 23.7 Å². The van der Waals surface area contributed by atoms with Crippen molar-refractivity contribution < 1.29 is 32.2 Å². The molecule has 1 atom stereocenters. The summed E-state index contributed by atoms with van der Waals surface area (Å²) in [7, 11) is 1.54. The van der Waals surface area contributed by atoms with Crippen LogP contribution in [0.4, 0.5) is 13.2 Å². The predicted octanol–water partition coefficient (Wildman–Crippen LogP) is 3.82. The molecule has 3 rings (SSSR count). The highest BCUT2D eigenvalue weighted by molar-refractivity contribution is 5.82. The van der Waals surface area contributed by atoms with E-state index in [2.05, 4.69) is 0 Å². The van der Waals surface area contributed by atoms with Crippen molar-refractivity contribution >= 4 is 5.91 Å². The van der Waals surface area contributed by atoms with Crippen molar-refractivity contribution in [2.24, 2.45) is 0 Å². The van der Waals surface area contributed by atoms with Crippen LogP contribution in [0.2, 0.25) is 0 Å². The van der Waals surface area contributed by atoms with E-state index >= 15 is 0 Å². The zero-order valence-electron chi connectivity index (χ0n) is 15.2. The molecule has 1 fully saturated rings. The number of para-hydroxylation sites is 3. The summed E-state index contributed by atoms with van der Waals surface area (Å²) >= 11 is 0. The normalized spacial score (nSPS) is 17.3. The molecule has 2 aromatic rings. The number of ether oxygens (including phenoxy) is 3. The van der Waals surface area contributed by atoms with Crippen LogP contribution < -0.4 is 9.47 Å². The van der Waals surface area contributed by atoms with Gasteiger partial charge in [-0.2, -0.15) is 13.2 Å². The van der Waals surface area contributed by atoms with Crippen molar-refractivity contribution in [1.29, 1.82) is 0 Å². The van der Waals surface area contributed by atoms with E-state index in [4.69, 9.17) is 14.2 Å².